The number of hydrogen-bond donors (Lipinski definition) is 4. The molecule has 1 saturated heterocycles. The number of quaternary nitrogens is 2. The molecule has 5 N–H and O–H groups in total. The van der Waals surface area contributed by atoms with E-state index in [2.05, 4.69) is 27.3 Å². The molecule has 1 aliphatic rings. The minimum absolute atomic E-state index is 0.139. The van der Waals surface area contributed by atoms with Crippen molar-refractivity contribution in [2.24, 2.45) is 0 Å². The van der Waals surface area contributed by atoms with Gasteiger partial charge in [0.2, 0.25) is 5.13 Å². The van der Waals surface area contributed by atoms with Crippen LogP contribution < -0.4 is 21.1 Å². The molecule has 0 spiro atoms. The summed E-state index contributed by atoms with van der Waals surface area (Å²) >= 11 is 1.49. The summed E-state index contributed by atoms with van der Waals surface area (Å²) < 4.78 is 2.59. The van der Waals surface area contributed by atoms with Crippen molar-refractivity contribution in [3.8, 4) is 16.4 Å². The number of thiazole rings is 1. The lowest BCUT2D eigenvalue weighted by Gasteiger charge is -2.22. The molecule has 5 rings (SSSR count). The minimum atomic E-state index is -0.139. The van der Waals surface area contributed by atoms with E-state index >= 15 is 0 Å². The molecule has 164 valence electrons. The van der Waals surface area contributed by atoms with E-state index in [0.717, 1.165) is 34.6 Å². The van der Waals surface area contributed by atoms with Gasteiger partial charge in [0, 0.05) is 11.3 Å². The van der Waals surface area contributed by atoms with Gasteiger partial charge in [0.25, 0.3) is 5.56 Å². The maximum Gasteiger partial charge on any atom is 0.283 e. The number of nitrogens with zero attached hydrogens (tertiary/aromatic N) is 2. The number of aromatic amines is 1. The van der Waals surface area contributed by atoms with Gasteiger partial charge in [-0.2, -0.15) is 4.68 Å². The predicted octanol–water partition coefficient (Wildman–Crippen LogP) is 0.465. The van der Waals surface area contributed by atoms with Gasteiger partial charge in [-0.25, -0.2) is 4.98 Å². The van der Waals surface area contributed by atoms with Gasteiger partial charge in [0.15, 0.2) is 0 Å². The second kappa shape index (κ2) is 9.12. The van der Waals surface area contributed by atoms with Gasteiger partial charge >= 0.3 is 0 Å². The maximum absolute atomic E-state index is 13.5. The van der Waals surface area contributed by atoms with Crippen LogP contribution in [0.1, 0.15) is 5.56 Å². The van der Waals surface area contributed by atoms with Gasteiger partial charge in [-0.15, -0.1) is 0 Å². The Hall–Kier alpha value is -3.20. The van der Waals surface area contributed by atoms with Crippen molar-refractivity contribution in [1.82, 2.24) is 20.1 Å². The second-order valence-electron chi connectivity index (χ2n) is 8.10. The summed E-state index contributed by atoms with van der Waals surface area (Å²) in [6.07, 6.45) is 0. The van der Waals surface area contributed by atoms with Crippen LogP contribution in [0.3, 0.4) is 0 Å². The SMILES string of the molecule is C=C(NCC[NH+]1CC[NH2+]CC1)c1c(-c2ccccc2)[nH]n(-c2nc3ccccc3s2)c1=O. The Balaban J connectivity index is 1.47. The fraction of sp³-hybridized carbons (Fsp3) is 0.250. The molecule has 0 unspecified atom stereocenters. The number of para-hydroxylation sites is 1. The Morgan fingerprint density at radius 3 is 2.69 bits per heavy atom. The fourth-order valence-corrected chi connectivity index (χ4v) is 5.16. The molecule has 0 bridgehead atoms. The standard InChI is InChI=1S/C24H26N6OS/c1-17(26-13-16-29-14-11-25-12-15-29)21-22(18-7-3-2-4-8-18)28-30(23(21)31)24-27-19-9-5-6-10-20(19)32-24/h2-10,25-26,28H,1,11-16H2/p+2. The highest BCUT2D eigenvalue weighted by atomic mass is 32.1. The number of rotatable bonds is 7. The first-order valence-corrected chi connectivity index (χ1v) is 11.9. The van der Waals surface area contributed by atoms with E-state index in [0.29, 0.717) is 16.4 Å². The molecule has 8 heteroatoms. The van der Waals surface area contributed by atoms with Gasteiger partial charge in [-0.05, 0) is 12.1 Å². The number of aromatic nitrogens is 3. The number of piperazine rings is 1. The van der Waals surface area contributed by atoms with Crippen molar-refractivity contribution in [3.63, 3.8) is 0 Å². The molecule has 1 fully saturated rings. The zero-order chi connectivity index (χ0) is 21.9. The van der Waals surface area contributed by atoms with Gasteiger partial charge in [0.1, 0.15) is 26.2 Å². The zero-order valence-corrected chi connectivity index (χ0v) is 18.8. The summed E-state index contributed by atoms with van der Waals surface area (Å²) in [4.78, 5) is 19.8. The van der Waals surface area contributed by atoms with Crippen LogP contribution in [0.5, 0.6) is 0 Å². The number of nitrogens with one attached hydrogen (secondary N) is 3. The Bertz CT molecular complexity index is 1250. The topological polar surface area (TPSA) is 83.8 Å². The molecule has 1 aliphatic heterocycles. The molecule has 0 aliphatic carbocycles. The fourth-order valence-electron chi connectivity index (χ4n) is 4.23. The summed E-state index contributed by atoms with van der Waals surface area (Å²) in [6, 6.07) is 17.8. The lowest BCUT2D eigenvalue weighted by molar-refractivity contribution is -0.945. The molecule has 0 radical (unpaired) electrons. The first-order valence-electron chi connectivity index (χ1n) is 11.1. The normalized spacial score (nSPS) is 14.6. The number of fused-ring (bicyclic) bond motifs is 1. The number of nitrogens with two attached hydrogens (primary N) is 1. The van der Waals surface area contributed by atoms with Crippen LogP contribution in [0.2, 0.25) is 0 Å². The van der Waals surface area contributed by atoms with E-state index in [1.165, 1.54) is 37.5 Å². The van der Waals surface area contributed by atoms with Crippen LogP contribution in [0.25, 0.3) is 32.3 Å². The first-order chi connectivity index (χ1) is 15.7. The van der Waals surface area contributed by atoms with Gasteiger partial charge in [-0.1, -0.05) is 60.4 Å². The number of hydrogen-bond acceptors (Lipinski definition) is 4. The molecule has 2 aromatic carbocycles. The molecule has 4 aromatic rings. The third kappa shape index (κ3) is 4.12. The average molecular weight is 449 g/mol. The highest BCUT2D eigenvalue weighted by molar-refractivity contribution is 7.20. The maximum atomic E-state index is 13.5. The summed E-state index contributed by atoms with van der Waals surface area (Å²) in [6.45, 7) is 10.7. The highest BCUT2D eigenvalue weighted by Gasteiger charge is 2.21. The van der Waals surface area contributed by atoms with Crippen molar-refractivity contribution in [2.75, 3.05) is 39.3 Å². The molecular weight excluding hydrogens is 420 g/mol. The zero-order valence-electron chi connectivity index (χ0n) is 17.9. The van der Waals surface area contributed by atoms with Crippen LogP contribution in [-0.2, 0) is 0 Å². The van der Waals surface area contributed by atoms with Crippen molar-refractivity contribution >= 4 is 27.3 Å². The van der Waals surface area contributed by atoms with Crippen molar-refractivity contribution in [2.45, 2.75) is 0 Å². The van der Waals surface area contributed by atoms with Crippen molar-refractivity contribution < 1.29 is 10.2 Å². The van der Waals surface area contributed by atoms with E-state index in [4.69, 9.17) is 0 Å². The molecule has 7 nitrogen and oxygen atoms in total. The third-order valence-electron chi connectivity index (χ3n) is 5.95. The summed E-state index contributed by atoms with van der Waals surface area (Å²) in [5, 5.41) is 9.71. The first kappa shape index (κ1) is 20.7. The third-order valence-corrected chi connectivity index (χ3v) is 6.97. The van der Waals surface area contributed by atoms with Crippen LogP contribution in [-0.4, -0.2) is 54.0 Å². The van der Waals surface area contributed by atoms with Crippen LogP contribution >= 0.6 is 11.3 Å². The average Bonchev–Trinajstić information content (AvgIpc) is 3.41. The Labute approximate surface area is 190 Å². The molecule has 2 aromatic heterocycles. The smallest absolute Gasteiger partial charge is 0.283 e. The minimum Gasteiger partial charge on any atom is -0.379 e. The van der Waals surface area contributed by atoms with E-state index < -0.39 is 0 Å². The van der Waals surface area contributed by atoms with E-state index in [1.807, 2.05) is 54.6 Å². The Morgan fingerprint density at radius 1 is 1.16 bits per heavy atom. The Morgan fingerprint density at radius 2 is 1.91 bits per heavy atom. The van der Waals surface area contributed by atoms with E-state index in [9.17, 15) is 4.79 Å². The monoisotopic (exact) mass is 448 g/mol. The van der Waals surface area contributed by atoms with Gasteiger partial charge in [0.05, 0.1) is 34.6 Å². The van der Waals surface area contributed by atoms with Gasteiger partial charge < -0.3 is 15.5 Å². The largest absolute Gasteiger partial charge is 0.379 e. The number of benzene rings is 2. The van der Waals surface area contributed by atoms with Crippen LogP contribution in [0, 0.1) is 0 Å². The second-order valence-corrected chi connectivity index (χ2v) is 9.11. The van der Waals surface area contributed by atoms with E-state index in [1.54, 1.807) is 9.58 Å². The molecule has 3 heterocycles. The van der Waals surface area contributed by atoms with Crippen LogP contribution in [0.15, 0.2) is 66.0 Å². The Kier molecular flexibility index (Phi) is 5.89. The van der Waals surface area contributed by atoms with E-state index in [-0.39, 0.29) is 5.56 Å². The lowest BCUT2D eigenvalue weighted by Crippen LogP contribution is -3.20. The lowest BCUT2D eigenvalue weighted by atomic mass is 10.1. The predicted molar refractivity (Wildman–Crippen MR) is 129 cm³/mol. The summed E-state index contributed by atoms with van der Waals surface area (Å²) in [5.74, 6) is 0. The number of H-pyrrole nitrogens is 1. The van der Waals surface area contributed by atoms with Crippen LogP contribution in [0.4, 0.5) is 0 Å². The molecule has 0 atom stereocenters. The highest BCUT2D eigenvalue weighted by Crippen LogP contribution is 2.27. The molecule has 32 heavy (non-hydrogen) atoms. The quantitative estimate of drug-likeness (QED) is 0.332. The molecule has 0 amide bonds. The van der Waals surface area contributed by atoms with Crippen molar-refractivity contribution in [3.05, 3.63) is 77.1 Å². The molecule has 0 saturated carbocycles. The summed E-state index contributed by atoms with van der Waals surface area (Å²) in [5.41, 5.74) is 3.66. The molecular formula is C24H28N6OS+2. The van der Waals surface area contributed by atoms with Crippen molar-refractivity contribution in [1.29, 1.82) is 0 Å². The van der Waals surface area contributed by atoms with Gasteiger partial charge in [-0.3, -0.25) is 9.89 Å². The summed E-state index contributed by atoms with van der Waals surface area (Å²) in [7, 11) is 0.